The summed E-state index contributed by atoms with van der Waals surface area (Å²) in [6.45, 7) is 3.99. The van der Waals surface area contributed by atoms with E-state index >= 15 is 0 Å². The lowest BCUT2D eigenvalue weighted by Gasteiger charge is -2.08. The van der Waals surface area contributed by atoms with Crippen LogP contribution in [0.2, 0.25) is 0 Å². The molecule has 0 spiro atoms. The molecule has 3 aromatic rings. The Morgan fingerprint density at radius 1 is 0.846 bits per heavy atom. The standard InChI is InChI=1S/C19H16F2N4O/c1-11-7-12(2)9-14(8-11)22-18-6-5-17(24-25-18)19(26)23-13-3-4-15(20)16(21)10-13/h3-10H,1-2H3,(H,22,25)(H,23,26). The van der Waals surface area contributed by atoms with Crippen molar-refractivity contribution in [3.63, 3.8) is 0 Å². The highest BCUT2D eigenvalue weighted by Crippen LogP contribution is 2.18. The van der Waals surface area contributed by atoms with E-state index in [0.29, 0.717) is 5.82 Å². The van der Waals surface area contributed by atoms with Crippen LogP contribution in [0.25, 0.3) is 0 Å². The van der Waals surface area contributed by atoms with Crippen molar-refractivity contribution in [1.29, 1.82) is 0 Å². The van der Waals surface area contributed by atoms with E-state index < -0.39 is 17.5 Å². The molecule has 0 fully saturated rings. The summed E-state index contributed by atoms with van der Waals surface area (Å²) in [4.78, 5) is 12.1. The van der Waals surface area contributed by atoms with Crippen molar-refractivity contribution in [2.75, 3.05) is 10.6 Å². The number of nitrogens with zero attached hydrogens (tertiary/aromatic N) is 2. The highest BCUT2D eigenvalue weighted by molar-refractivity contribution is 6.02. The molecule has 26 heavy (non-hydrogen) atoms. The molecule has 0 atom stereocenters. The van der Waals surface area contributed by atoms with Crippen molar-refractivity contribution in [3.05, 3.63) is 77.0 Å². The molecule has 0 saturated carbocycles. The molecule has 2 aromatic carbocycles. The topological polar surface area (TPSA) is 66.9 Å². The minimum atomic E-state index is -1.04. The number of benzene rings is 2. The first kappa shape index (κ1) is 17.5. The molecule has 5 nitrogen and oxygen atoms in total. The summed E-state index contributed by atoms with van der Waals surface area (Å²) in [7, 11) is 0. The van der Waals surface area contributed by atoms with Gasteiger partial charge in [-0.15, -0.1) is 10.2 Å². The third-order valence-electron chi connectivity index (χ3n) is 3.57. The van der Waals surface area contributed by atoms with Crippen LogP contribution >= 0.6 is 0 Å². The van der Waals surface area contributed by atoms with Gasteiger partial charge >= 0.3 is 0 Å². The summed E-state index contributed by atoms with van der Waals surface area (Å²) < 4.78 is 26.1. The van der Waals surface area contributed by atoms with Gasteiger partial charge < -0.3 is 10.6 Å². The zero-order valence-corrected chi connectivity index (χ0v) is 14.2. The molecule has 1 aromatic heterocycles. The first-order chi connectivity index (χ1) is 12.4. The average Bonchev–Trinajstić information content (AvgIpc) is 2.58. The number of anilines is 3. The van der Waals surface area contributed by atoms with Crippen molar-refractivity contribution < 1.29 is 13.6 Å². The number of carbonyl (C=O) groups is 1. The molecule has 2 N–H and O–H groups in total. The summed E-state index contributed by atoms with van der Waals surface area (Å²) in [6.07, 6.45) is 0. The molecule has 1 heterocycles. The van der Waals surface area contributed by atoms with E-state index in [1.165, 1.54) is 12.1 Å². The first-order valence-corrected chi connectivity index (χ1v) is 7.86. The third-order valence-corrected chi connectivity index (χ3v) is 3.57. The van der Waals surface area contributed by atoms with Gasteiger partial charge in [-0.2, -0.15) is 0 Å². The number of nitrogens with one attached hydrogen (secondary N) is 2. The Hall–Kier alpha value is -3.35. The summed E-state index contributed by atoms with van der Waals surface area (Å²) in [5.74, 6) is -2.10. The van der Waals surface area contributed by atoms with Crippen LogP contribution in [0.4, 0.5) is 26.0 Å². The molecule has 1 amide bonds. The minimum absolute atomic E-state index is 0.0562. The predicted octanol–water partition coefficient (Wildman–Crippen LogP) is 4.37. The first-order valence-electron chi connectivity index (χ1n) is 7.86. The molecule has 7 heteroatoms. The monoisotopic (exact) mass is 354 g/mol. The quantitative estimate of drug-likeness (QED) is 0.730. The van der Waals surface area contributed by atoms with Gasteiger partial charge in [0.25, 0.3) is 5.91 Å². The van der Waals surface area contributed by atoms with Gasteiger partial charge in [-0.1, -0.05) is 6.07 Å². The molecule has 3 rings (SSSR count). The Labute approximate surface area is 149 Å². The van der Waals surface area contributed by atoms with Crippen molar-refractivity contribution >= 4 is 23.1 Å². The molecular weight excluding hydrogens is 338 g/mol. The number of amides is 1. The average molecular weight is 354 g/mol. The number of halogens is 2. The number of hydrogen-bond acceptors (Lipinski definition) is 4. The van der Waals surface area contributed by atoms with Crippen molar-refractivity contribution in [2.45, 2.75) is 13.8 Å². The molecule has 132 valence electrons. The number of aryl methyl sites for hydroxylation is 2. The van der Waals surface area contributed by atoms with E-state index in [9.17, 15) is 13.6 Å². The van der Waals surface area contributed by atoms with Crippen molar-refractivity contribution in [3.8, 4) is 0 Å². The van der Waals surface area contributed by atoms with Gasteiger partial charge in [0.05, 0.1) is 0 Å². The lowest BCUT2D eigenvalue weighted by molar-refractivity contribution is 0.102. The predicted molar refractivity (Wildman–Crippen MR) is 95.5 cm³/mol. The molecule has 0 aliphatic carbocycles. The second-order valence-electron chi connectivity index (χ2n) is 5.89. The highest BCUT2D eigenvalue weighted by Gasteiger charge is 2.11. The Balaban J connectivity index is 1.70. The van der Waals surface area contributed by atoms with Crippen LogP contribution < -0.4 is 10.6 Å². The Bertz CT molecular complexity index is 938. The van der Waals surface area contributed by atoms with E-state index in [1.807, 2.05) is 26.0 Å². The number of hydrogen-bond donors (Lipinski definition) is 2. The summed E-state index contributed by atoms with van der Waals surface area (Å²) >= 11 is 0. The fourth-order valence-corrected chi connectivity index (χ4v) is 2.48. The minimum Gasteiger partial charge on any atom is -0.339 e. The van der Waals surface area contributed by atoms with Gasteiger partial charge in [0.15, 0.2) is 23.1 Å². The van der Waals surface area contributed by atoms with Gasteiger partial charge in [-0.3, -0.25) is 4.79 Å². The Morgan fingerprint density at radius 2 is 1.58 bits per heavy atom. The van der Waals surface area contributed by atoms with E-state index in [-0.39, 0.29) is 11.4 Å². The Morgan fingerprint density at radius 3 is 2.19 bits per heavy atom. The van der Waals surface area contributed by atoms with Gasteiger partial charge in [0, 0.05) is 17.4 Å². The van der Waals surface area contributed by atoms with Gasteiger partial charge in [0.1, 0.15) is 0 Å². The largest absolute Gasteiger partial charge is 0.339 e. The van der Waals surface area contributed by atoms with Crippen LogP contribution in [0.1, 0.15) is 21.6 Å². The lowest BCUT2D eigenvalue weighted by atomic mass is 10.1. The zero-order valence-electron chi connectivity index (χ0n) is 14.2. The SMILES string of the molecule is Cc1cc(C)cc(Nc2ccc(C(=O)Nc3ccc(F)c(F)c3)nn2)c1. The zero-order chi connectivity index (χ0) is 18.7. The fourth-order valence-electron chi connectivity index (χ4n) is 2.48. The number of aromatic nitrogens is 2. The molecule has 0 bridgehead atoms. The van der Waals surface area contributed by atoms with Gasteiger partial charge in [0.2, 0.25) is 0 Å². The molecule has 0 saturated heterocycles. The van der Waals surface area contributed by atoms with E-state index in [0.717, 1.165) is 28.9 Å². The van der Waals surface area contributed by atoms with Crippen LogP contribution in [-0.4, -0.2) is 16.1 Å². The molecule has 0 aliphatic rings. The fraction of sp³-hybridized carbons (Fsp3) is 0.105. The maximum absolute atomic E-state index is 13.2. The van der Waals surface area contributed by atoms with Crippen molar-refractivity contribution in [1.82, 2.24) is 10.2 Å². The smallest absolute Gasteiger partial charge is 0.276 e. The van der Waals surface area contributed by atoms with E-state index in [1.54, 1.807) is 6.07 Å². The van der Waals surface area contributed by atoms with E-state index in [4.69, 9.17) is 0 Å². The van der Waals surface area contributed by atoms with Crippen LogP contribution in [0.5, 0.6) is 0 Å². The van der Waals surface area contributed by atoms with Crippen molar-refractivity contribution in [2.24, 2.45) is 0 Å². The molecule has 0 unspecified atom stereocenters. The second kappa shape index (κ2) is 7.26. The second-order valence-corrected chi connectivity index (χ2v) is 5.89. The normalized spacial score (nSPS) is 10.5. The number of carbonyl (C=O) groups excluding carboxylic acids is 1. The molecule has 0 aliphatic heterocycles. The summed E-state index contributed by atoms with van der Waals surface area (Å²) in [5, 5.41) is 13.4. The molecular formula is C19H16F2N4O. The van der Waals surface area contributed by atoms with Gasteiger partial charge in [-0.25, -0.2) is 8.78 Å². The van der Waals surface area contributed by atoms with Crippen LogP contribution in [0.3, 0.4) is 0 Å². The Kier molecular flexibility index (Phi) is 4.88. The van der Waals surface area contributed by atoms with Gasteiger partial charge in [-0.05, 0) is 61.4 Å². The number of rotatable bonds is 4. The highest BCUT2D eigenvalue weighted by atomic mass is 19.2. The van der Waals surface area contributed by atoms with E-state index in [2.05, 4.69) is 26.9 Å². The summed E-state index contributed by atoms with van der Waals surface area (Å²) in [5.41, 5.74) is 3.29. The summed E-state index contributed by atoms with van der Waals surface area (Å²) in [6, 6.07) is 12.2. The maximum atomic E-state index is 13.2. The maximum Gasteiger partial charge on any atom is 0.276 e. The third kappa shape index (κ3) is 4.18. The van der Waals surface area contributed by atoms with Crippen LogP contribution in [-0.2, 0) is 0 Å². The van der Waals surface area contributed by atoms with Crippen LogP contribution in [0.15, 0.2) is 48.5 Å². The lowest BCUT2D eigenvalue weighted by Crippen LogP contribution is -2.14. The molecule has 0 radical (unpaired) electrons. The van der Waals surface area contributed by atoms with Crippen LogP contribution in [0, 0.1) is 25.5 Å².